The maximum Gasteiger partial charge on any atom is 0.405 e. The minimum absolute atomic E-state index is 0.0356. The van der Waals surface area contributed by atoms with Gasteiger partial charge in [0, 0.05) is 24.2 Å². The van der Waals surface area contributed by atoms with Crippen LogP contribution in [0, 0.1) is 35.5 Å². The molecule has 326 valence electrons. The highest BCUT2D eigenvalue weighted by molar-refractivity contribution is 5.84. The summed E-state index contributed by atoms with van der Waals surface area (Å²) in [5.41, 5.74) is 10.5. The Bertz CT molecular complexity index is 1460. The number of ether oxygens (including phenoxy) is 6. The molecule has 4 saturated heterocycles. The van der Waals surface area contributed by atoms with E-state index >= 15 is 0 Å². The van der Waals surface area contributed by atoms with Gasteiger partial charge in [-0.2, -0.15) is 0 Å². The number of rotatable bonds is 14. The number of carbonyl (C=O) groups excluding carboxylic acids is 2. The fourth-order valence-electron chi connectivity index (χ4n) is 10.6. The standard InChI is InChI=1S/C43H72N2O12/c1-10-13-29(38(48)49)30-15-14-23(4)37(53-30)33(44)35(47)26(7)34(46)28(11-2)36-24(5)22-25(6)42(55-36)19-17-32(54-39(45)50)43(57-42)21-20-40(9,56-43)31-16-18-41(51,12-3)27(8)52-31/h17,19,23-33,35-37,47,51H,10-16,18,20-22,44H2,1-9H3,(H2,45,50)(H,48,49)/t23-,24-,25+,26+,27-,28-,29+,30+,31+,32+,33-,35+,36-,37+,40-,41+,42-,43-/m0/s1. The van der Waals surface area contributed by atoms with E-state index in [2.05, 4.69) is 0 Å². The van der Waals surface area contributed by atoms with Crippen LogP contribution in [0.25, 0.3) is 0 Å². The number of aliphatic carboxylic acids is 1. The van der Waals surface area contributed by atoms with Gasteiger partial charge >= 0.3 is 12.1 Å². The van der Waals surface area contributed by atoms with Gasteiger partial charge in [-0.25, -0.2) is 4.79 Å². The van der Waals surface area contributed by atoms with E-state index in [0.29, 0.717) is 70.6 Å². The molecule has 5 heterocycles. The Morgan fingerprint density at radius 1 is 0.947 bits per heavy atom. The van der Waals surface area contributed by atoms with Gasteiger partial charge in [0.25, 0.3) is 0 Å². The Morgan fingerprint density at radius 2 is 1.65 bits per heavy atom. The van der Waals surface area contributed by atoms with Crippen molar-refractivity contribution >= 4 is 17.8 Å². The first-order chi connectivity index (χ1) is 26.7. The predicted octanol–water partition coefficient (Wildman–Crippen LogP) is 5.37. The summed E-state index contributed by atoms with van der Waals surface area (Å²) in [7, 11) is 0. The summed E-state index contributed by atoms with van der Waals surface area (Å²) in [6.45, 7) is 17.4. The number of amides is 1. The van der Waals surface area contributed by atoms with E-state index in [1.165, 1.54) is 0 Å². The molecule has 14 heteroatoms. The maximum absolute atomic E-state index is 14.5. The molecule has 18 atom stereocenters. The van der Waals surface area contributed by atoms with Crippen LogP contribution in [0.15, 0.2) is 12.2 Å². The molecule has 2 spiro atoms. The van der Waals surface area contributed by atoms with Gasteiger partial charge in [0.15, 0.2) is 11.9 Å². The van der Waals surface area contributed by atoms with Crippen molar-refractivity contribution in [2.45, 2.75) is 204 Å². The molecule has 14 nitrogen and oxygen atoms in total. The number of nitrogens with two attached hydrogens (primary N) is 2. The fourth-order valence-corrected chi connectivity index (χ4v) is 10.6. The smallest absolute Gasteiger partial charge is 0.405 e. The summed E-state index contributed by atoms with van der Waals surface area (Å²) in [5, 5.41) is 32.7. The van der Waals surface area contributed by atoms with Gasteiger partial charge in [0.1, 0.15) is 5.78 Å². The van der Waals surface area contributed by atoms with Crippen molar-refractivity contribution < 1.29 is 58.1 Å². The number of aliphatic hydroxyl groups is 2. The Morgan fingerprint density at radius 3 is 2.25 bits per heavy atom. The average Bonchev–Trinajstić information content (AvgIpc) is 3.51. The Kier molecular flexibility index (Phi) is 14.3. The van der Waals surface area contributed by atoms with Gasteiger partial charge in [0.05, 0.1) is 59.8 Å². The number of carbonyl (C=O) groups is 3. The second kappa shape index (κ2) is 17.8. The molecule has 5 aliphatic heterocycles. The van der Waals surface area contributed by atoms with Crippen molar-refractivity contribution in [2.24, 2.45) is 47.0 Å². The van der Waals surface area contributed by atoms with E-state index in [9.17, 15) is 29.7 Å². The second-order valence-electron chi connectivity index (χ2n) is 18.4. The van der Waals surface area contributed by atoms with Crippen molar-refractivity contribution in [1.29, 1.82) is 0 Å². The third-order valence-electron chi connectivity index (χ3n) is 14.5. The number of primary amides is 1. The largest absolute Gasteiger partial charge is 0.481 e. The number of hydrogen-bond donors (Lipinski definition) is 5. The molecule has 5 aliphatic rings. The molecule has 0 radical (unpaired) electrons. The molecule has 0 aromatic carbocycles. The lowest BCUT2D eigenvalue weighted by molar-refractivity contribution is -0.408. The lowest BCUT2D eigenvalue weighted by atomic mass is 9.73. The van der Waals surface area contributed by atoms with E-state index in [1.54, 1.807) is 19.1 Å². The normalized spacial score (nSPS) is 43.6. The molecular formula is C43H72N2O12. The minimum atomic E-state index is -1.48. The van der Waals surface area contributed by atoms with Crippen LogP contribution < -0.4 is 11.5 Å². The second-order valence-corrected chi connectivity index (χ2v) is 18.4. The third kappa shape index (κ3) is 8.99. The molecule has 0 aromatic heterocycles. The number of carboxylic acids is 1. The van der Waals surface area contributed by atoms with Crippen molar-refractivity contribution in [2.75, 3.05) is 0 Å². The van der Waals surface area contributed by atoms with Gasteiger partial charge in [-0.1, -0.05) is 54.9 Å². The first-order valence-electron chi connectivity index (χ1n) is 21.7. The Labute approximate surface area is 339 Å². The van der Waals surface area contributed by atoms with Crippen LogP contribution in [0.3, 0.4) is 0 Å². The SMILES string of the molecule is CCC[C@@H](C(=O)O)[C@H]1CC[C@H](C)[C@H]([C@@H](N)[C@H](O)[C@H](C)C(=O)[C@H](CC)[C@H]2O[C@]3(C=C[C@@H](OC(N)=O)[C@]4(CC[C@@](C)([C@H]5CC[C@](O)(CC)[C@H](C)O5)O4)O3)[C@H](C)C[C@@H]2C)O1. The molecule has 7 N–H and O–H groups in total. The van der Waals surface area contributed by atoms with Crippen molar-refractivity contribution in [3.05, 3.63) is 12.2 Å². The summed E-state index contributed by atoms with van der Waals surface area (Å²) in [4.78, 5) is 38.8. The monoisotopic (exact) mass is 809 g/mol. The van der Waals surface area contributed by atoms with E-state index < -0.39 is 95.3 Å². The molecule has 0 aliphatic carbocycles. The molecule has 0 bridgehead atoms. The van der Waals surface area contributed by atoms with Crippen LogP contribution >= 0.6 is 0 Å². The Hall–Kier alpha value is -2.17. The highest BCUT2D eigenvalue weighted by atomic mass is 16.8. The number of ketones is 1. The zero-order chi connectivity index (χ0) is 42.2. The number of hydrogen-bond acceptors (Lipinski definition) is 12. The van der Waals surface area contributed by atoms with E-state index in [1.807, 2.05) is 55.4 Å². The molecule has 1 amide bonds. The summed E-state index contributed by atoms with van der Waals surface area (Å²) < 4.78 is 39.3. The lowest BCUT2D eigenvalue weighted by Gasteiger charge is -2.54. The predicted molar refractivity (Wildman–Crippen MR) is 211 cm³/mol. The van der Waals surface area contributed by atoms with Gasteiger partial charge in [0.2, 0.25) is 5.79 Å². The first kappa shape index (κ1) is 45.9. The topological polar surface area (TPSA) is 219 Å². The summed E-state index contributed by atoms with van der Waals surface area (Å²) >= 11 is 0. The summed E-state index contributed by atoms with van der Waals surface area (Å²) in [5.74, 6) is -6.39. The first-order valence-corrected chi connectivity index (χ1v) is 21.7. The summed E-state index contributed by atoms with van der Waals surface area (Å²) in [6, 6.07) is -0.918. The number of aliphatic hydroxyl groups excluding tert-OH is 1. The minimum Gasteiger partial charge on any atom is -0.481 e. The Balaban J connectivity index is 1.36. The van der Waals surface area contributed by atoms with Gasteiger partial charge in [-0.05, 0) is 95.6 Å². The quantitative estimate of drug-likeness (QED) is 0.140. The highest BCUT2D eigenvalue weighted by Crippen LogP contribution is 2.54. The molecule has 57 heavy (non-hydrogen) atoms. The molecule has 0 aromatic rings. The van der Waals surface area contributed by atoms with E-state index in [4.69, 9.17) is 39.9 Å². The highest BCUT2D eigenvalue weighted by Gasteiger charge is 2.64. The van der Waals surface area contributed by atoms with Crippen LogP contribution in [-0.4, -0.2) is 105 Å². The van der Waals surface area contributed by atoms with Crippen LogP contribution in [0.4, 0.5) is 4.79 Å². The van der Waals surface area contributed by atoms with Gasteiger partial charge < -0.3 is 55.2 Å². The van der Waals surface area contributed by atoms with Crippen molar-refractivity contribution in [1.82, 2.24) is 0 Å². The molecule has 0 saturated carbocycles. The molecular weight excluding hydrogens is 736 g/mol. The fraction of sp³-hybridized carbons (Fsp3) is 0.884. The number of Topliss-reactive ketones (excluding diaryl/α,β-unsaturated/α-hetero) is 1. The van der Waals surface area contributed by atoms with E-state index in [-0.39, 0.29) is 29.6 Å². The van der Waals surface area contributed by atoms with Crippen LogP contribution in [0.1, 0.15) is 133 Å². The van der Waals surface area contributed by atoms with Gasteiger partial charge in [-0.15, -0.1) is 0 Å². The zero-order valence-electron chi connectivity index (χ0n) is 35.7. The molecule has 0 unspecified atom stereocenters. The third-order valence-corrected chi connectivity index (χ3v) is 14.5. The van der Waals surface area contributed by atoms with Crippen molar-refractivity contribution in [3.63, 3.8) is 0 Å². The maximum atomic E-state index is 14.5. The zero-order valence-corrected chi connectivity index (χ0v) is 35.7. The number of carboxylic acid groups (broad SMARTS) is 1. The summed E-state index contributed by atoms with van der Waals surface area (Å²) in [6.07, 6.45) is 3.81. The lowest BCUT2D eigenvalue weighted by Crippen LogP contribution is -2.64. The molecule has 4 fully saturated rings. The van der Waals surface area contributed by atoms with Crippen molar-refractivity contribution in [3.8, 4) is 0 Å². The average molecular weight is 809 g/mol. The van der Waals surface area contributed by atoms with Crippen LogP contribution in [0.2, 0.25) is 0 Å². The van der Waals surface area contributed by atoms with Crippen LogP contribution in [0.5, 0.6) is 0 Å². The van der Waals surface area contributed by atoms with Gasteiger partial charge in [-0.3, -0.25) is 9.59 Å². The van der Waals surface area contributed by atoms with Crippen LogP contribution in [-0.2, 0) is 38.0 Å². The van der Waals surface area contributed by atoms with E-state index in [0.717, 1.165) is 0 Å². The molecule has 5 rings (SSSR count).